The topological polar surface area (TPSA) is 40.6 Å². The van der Waals surface area contributed by atoms with E-state index in [-0.39, 0.29) is 14.9 Å². The Morgan fingerprint density at radius 2 is 1.72 bits per heavy atom. The third-order valence-corrected chi connectivity index (χ3v) is 5.87. The lowest BCUT2D eigenvalue weighted by Gasteiger charge is -2.31. The summed E-state index contributed by atoms with van der Waals surface area (Å²) in [4.78, 5) is 2.17. The normalized spacial score (nSPS) is 19.1. The summed E-state index contributed by atoms with van der Waals surface area (Å²) in [6.45, 7) is 2.39. The summed E-state index contributed by atoms with van der Waals surface area (Å²) in [7, 11) is -1.58. The third kappa shape index (κ3) is 2.65. The number of likely N-dealkylation sites (N-methyl/N-ethyl adjacent to an activating group) is 1. The molecule has 1 aromatic carbocycles. The van der Waals surface area contributed by atoms with Crippen LogP contribution in [0.25, 0.3) is 0 Å². The maximum Gasteiger partial charge on any atom is 0.244 e. The van der Waals surface area contributed by atoms with Crippen LogP contribution in [0.3, 0.4) is 0 Å². The molecule has 0 amide bonds. The fourth-order valence-electron chi connectivity index (χ4n) is 1.85. The Morgan fingerprint density at radius 1 is 1.11 bits per heavy atom. The van der Waals surface area contributed by atoms with Crippen molar-refractivity contribution in [3.05, 3.63) is 28.2 Å². The van der Waals surface area contributed by atoms with E-state index in [0.29, 0.717) is 13.1 Å². The fourth-order valence-corrected chi connectivity index (χ4v) is 4.01. The molecule has 0 bridgehead atoms. The first-order valence-corrected chi connectivity index (χ1v) is 7.75. The Kier molecular flexibility index (Phi) is 4.18. The van der Waals surface area contributed by atoms with Gasteiger partial charge in [0.1, 0.15) is 4.90 Å². The van der Waals surface area contributed by atoms with E-state index >= 15 is 0 Å². The van der Waals surface area contributed by atoms with E-state index in [2.05, 4.69) is 4.90 Å². The number of nitrogens with zero attached hydrogens (tertiary/aromatic N) is 2. The van der Waals surface area contributed by atoms with Gasteiger partial charge in [-0.05, 0) is 19.2 Å². The minimum Gasteiger partial charge on any atom is -0.304 e. The summed E-state index contributed by atoms with van der Waals surface area (Å²) in [5.74, 6) is 0. The van der Waals surface area contributed by atoms with Gasteiger partial charge in [-0.3, -0.25) is 0 Å². The number of hydrogen-bond acceptors (Lipinski definition) is 3. The molecule has 0 aliphatic carbocycles. The number of hydrogen-bond donors (Lipinski definition) is 0. The van der Waals surface area contributed by atoms with E-state index in [4.69, 9.17) is 23.2 Å². The van der Waals surface area contributed by atoms with Crippen LogP contribution in [0.2, 0.25) is 10.0 Å². The Bertz CT molecular complexity index is 540. The molecule has 0 N–H and O–H groups in total. The van der Waals surface area contributed by atoms with Crippen molar-refractivity contribution in [3.8, 4) is 0 Å². The van der Waals surface area contributed by atoms with Crippen molar-refractivity contribution in [2.75, 3.05) is 33.2 Å². The highest BCUT2D eigenvalue weighted by molar-refractivity contribution is 7.89. The molecule has 0 saturated carbocycles. The summed E-state index contributed by atoms with van der Waals surface area (Å²) in [5.41, 5.74) is 0. The van der Waals surface area contributed by atoms with Gasteiger partial charge in [0.15, 0.2) is 0 Å². The second-order valence-corrected chi connectivity index (χ2v) is 6.95. The van der Waals surface area contributed by atoms with Gasteiger partial charge in [0, 0.05) is 26.2 Å². The quantitative estimate of drug-likeness (QED) is 0.838. The van der Waals surface area contributed by atoms with Crippen LogP contribution in [0.5, 0.6) is 0 Å². The van der Waals surface area contributed by atoms with Crippen LogP contribution in [-0.2, 0) is 10.0 Å². The average Bonchev–Trinajstić information content (AvgIpc) is 2.33. The van der Waals surface area contributed by atoms with Gasteiger partial charge in [0.25, 0.3) is 0 Å². The minimum atomic E-state index is -3.55. The first kappa shape index (κ1) is 14.1. The van der Waals surface area contributed by atoms with E-state index in [0.717, 1.165) is 13.1 Å². The Labute approximate surface area is 117 Å². The van der Waals surface area contributed by atoms with Crippen LogP contribution in [-0.4, -0.2) is 50.8 Å². The minimum absolute atomic E-state index is 0.0845. The number of sulfonamides is 1. The summed E-state index contributed by atoms with van der Waals surface area (Å²) in [5, 5.41) is 0.352. The standard InChI is InChI=1S/C11H14Cl2N2O2S/c1-14-5-7-15(8-6-14)18(16,17)10-4-2-3-9(12)11(10)13/h2-4H,5-8H2,1H3. The monoisotopic (exact) mass is 308 g/mol. The molecule has 0 unspecified atom stereocenters. The Hall–Kier alpha value is -0.330. The van der Waals surface area contributed by atoms with Crippen LogP contribution in [0.4, 0.5) is 0 Å². The van der Waals surface area contributed by atoms with Crippen LogP contribution < -0.4 is 0 Å². The van der Waals surface area contributed by atoms with E-state index in [1.54, 1.807) is 12.1 Å². The molecule has 2 rings (SSSR count). The first-order chi connectivity index (χ1) is 8.43. The molecule has 7 heteroatoms. The van der Waals surface area contributed by atoms with Gasteiger partial charge in [-0.1, -0.05) is 29.3 Å². The molecule has 1 aromatic rings. The molecule has 0 radical (unpaired) electrons. The van der Waals surface area contributed by atoms with Gasteiger partial charge in [-0.25, -0.2) is 8.42 Å². The van der Waals surface area contributed by atoms with Gasteiger partial charge < -0.3 is 4.90 Å². The summed E-state index contributed by atoms with van der Waals surface area (Å²) in [6.07, 6.45) is 0. The largest absolute Gasteiger partial charge is 0.304 e. The molecule has 18 heavy (non-hydrogen) atoms. The van der Waals surface area contributed by atoms with E-state index in [1.807, 2.05) is 7.05 Å². The van der Waals surface area contributed by atoms with Gasteiger partial charge in [-0.2, -0.15) is 4.31 Å². The predicted molar refractivity (Wildman–Crippen MR) is 72.7 cm³/mol. The van der Waals surface area contributed by atoms with Crippen molar-refractivity contribution >= 4 is 33.2 Å². The van der Waals surface area contributed by atoms with E-state index in [9.17, 15) is 8.42 Å². The van der Waals surface area contributed by atoms with Crippen LogP contribution >= 0.6 is 23.2 Å². The highest BCUT2D eigenvalue weighted by Gasteiger charge is 2.29. The van der Waals surface area contributed by atoms with Crippen molar-refractivity contribution in [3.63, 3.8) is 0 Å². The number of rotatable bonds is 2. The molecule has 0 aromatic heterocycles. The number of halogens is 2. The zero-order valence-electron chi connectivity index (χ0n) is 9.94. The number of piperazine rings is 1. The lowest BCUT2D eigenvalue weighted by atomic mass is 10.4. The van der Waals surface area contributed by atoms with Crippen molar-refractivity contribution in [2.45, 2.75) is 4.90 Å². The molecule has 0 atom stereocenters. The molecule has 1 saturated heterocycles. The lowest BCUT2D eigenvalue weighted by Crippen LogP contribution is -2.47. The lowest BCUT2D eigenvalue weighted by molar-refractivity contribution is 0.222. The zero-order chi connectivity index (χ0) is 13.3. The van der Waals surface area contributed by atoms with Gasteiger partial charge in [0.2, 0.25) is 10.0 Å². The van der Waals surface area contributed by atoms with Crippen LogP contribution in [0, 0.1) is 0 Å². The third-order valence-electron chi connectivity index (χ3n) is 3.00. The van der Waals surface area contributed by atoms with Crippen molar-refractivity contribution in [1.82, 2.24) is 9.21 Å². The van der Waals surface area contributed by atoms with Gasteiger partial charge in [0.05, 0.1) is 10.0 Å². The van der Waals surface area contributed by atoms with Gasteiger partial charge in [-0.15, -0.1) is 0 Å². The Balaban J connectivity index is 2.34. The van der Waals surface area contributed by atoms with E-state index < -0.39 is 10.0 Å². The molecular weight excluding hydrogens is 295 g/mol. The maximum atomic E-state index is 12.4. The summed E-state index contributed by atoms with van der Waals surface area (Å²) >= 11 is 11.8. The van der Waals surface area contributed by atoms with Crippen molar-refractivity contribution < 1.29 is 8.42 Å². The van der Waals surface area contributed by atoms with Crippen LogP contribution in [0.15, 0.2) is 23.1 Å². The molecule has 1 aliphatic rings. The molecule has 4 nitrogen and oxygen atoms in total. The summed E-state index contributed by atoms with van der Waals surface area (Å²) in [6, 6.07) is 4.66. The molecule has 1 aliphatic heterocycles. The van der Waals surface area contributed by atoms with Crippen molar-refractivity contribution in [1.29, 1.82) is 0 Å². The molecular formula is C11H14Cl2N2O2S. The molecule has 1 heterocycles. The van der Waals surface area contributed by atoms with Crippen LogP contribution in [0.1, 0.15) is 0 Å². The maximum absolute atomic E-state index is 12.4. The van der Waals surface area contributed by atoms with E-state index in [1.165, 1.54) is 10.4 Å². The van der Waals surface area contributed by atoms with Crippen molar-refractivity contribution in [2.24, 2.45) is 0 Å². The highest BCUT2D eigenvalue weighted by atomic mass is 35.5. The Morgan fingerprint density at radius 3 is 2.33 bits per heavy atom. The molecule has 1 fully saturated rings. The fraction of sp³-hybridized carbons (Fsp3) is 0.455. The second-order valence-electron chi connectivity index (χ2n) is 4.26. The van der Waals surface area contributed by atoms with Gasteiger partial charge >= 0.3 is 0 Å². The first-order valence-electron chi connectivity index (χ1n) is 5.55. The summed E-state index contributed by atoms with van der Waals surface area (Å²) < 4.78 is 26.3. The second kappa shape index (κ2) is 5.35. The smallest absolute Gasteiger partial charge is 0.244 e. The molecule has 0 spiro atoms. The SMILES string of the molecule is CN1CCN(S(=O)(=O)c2cccc(Cl)c2Cl)CC1. The zero-order valence-corrected chi connectivity index (χ0v) is 12.3. The molecule has 100 valence electrons. The average molecular weight is 309 g/mol. The predicted octanol–water partition coefficient (Wildman–Crippen LogP) is 1.93. The highest BCUT2D eigenvalue weighted by Crippen LogP contribution is 2.31. The number of benzene rings is 1.